The van der Waals surface area contributed by atoms with Crippen LogP contribution in [0.25, 0.3) is 0 Å². The molecule has 0 heterocycles. The van der Waals surface area contributed by atoms with E-state index in [1.165, 1.54) is 6.07 Å². The first-order valence-corrected chi connectivity index (χ1v) is 8.02. The van der Waals surface area contributed by atoms with Gasteiger partial charge in [0.1, 0.15) is 11.4 Å². The van der Waals surface area contributed by atoms with Crippen LogP contribution in [-0.4, -0.2) is 16.8 Å². The molecule has 2 nitrogen and oxygen atoms in total. The predicted octanol–water partition coefficient (Wildman–Crippen LogP) is 4.12. The highest BCUT2D eigenvalue weighted by Gasteiger charge is 2.37. The Kier molecular flexibility index (Phi) is 5.06. The average Bonchev–Trinajstić information content (AvgIpc) is 2.38. The minimum Gasteiger partial charge on any atom is -0.297 e. The van der Waals surface area contributed by atoms with Gasteiger partial charge in [-0.25, -0.2) is 4.39 Å². The van der Waals surface area contributed by atoms with Gasteiger partial charge in [0.2, 0.25) is 0 Å². The lowest BCUT2D eigenvalue weighted by molar-refractivity contribution is 0.284. The molecule has 0 aliphatic heterocycles. The number of benzene rings is 1. The lowest BCUT2D eigenvalue weighted by atomic mass is 9.82. The van der Waals surface area contributed by atoms with Crippen molar-refractivity contribution < 1.29 is 4.39 Å². The molecular weight excluding hydrogens is 271 g/mol. The number of rotatable bonds is 4. The Morgan fingerprint density at radius 1 is 1.50 bits per heavy atom. The molecule has 108 valence electrons. The van der Waals surface area contributed by atoms with Gasteiger partial charge < -0.3 is 0 Å². The molecule has 0 saturated heterocycles. The number of halogens is 1. The van der Waals surface area contributed by atoms with Gasteiger partial charge in [-0.05, 0) is 57.7 Å². The third-order valence-electron chi connectivity index (χ3n) is 3.58. The zero-order valence-electron chi connectivity index (χ0n) is 12.0. The van der Waals surface area contributed by atoms with Crippen molar-refractivity contribution in [3.63, 3.8) is 0 Å². The molecule has 1 aromatic carbocycles. The second-order valence-electron chi connectivity index (χ2n) is 5.79. The largest absolute Gasteiger partial charge is 0.297 e. The van der Waals surface area contributed by atoms with Gasteiger partial charge in [0.05, 0.1) is 6.07 Å². The van der Waals surface area contributed by atoms with Crippen molar-refractivity contribution in [2.24, 2.45) is 0 Å². The Morgan fingerprint density at radius 3 is 2.95 bits per heavy atom. The Labute approximate surface area is 124 Å². The highest BCUT2D eigenvalue weighted by atomic mass is 32.2. The van der Waals surface area contributed by atoms with Crippen molar-refractivity contribution >= 4 is 11.8 Å². The minimum atomic E-state index is -0.419. The van der Waals surface area contributed by atoms with Crippen LogP contribution in [0.4, 0.5) is 4.39 Å². The summed E-state index contributed by atoms with van der Waals surface area (Å²) in [5.74, 6) is -0.197. The highest BCUT2D eigenvalue weighted by Crippen LogP contribution is 2.38. The van der Waals surface area contributed by atoms with Crippen molar-refractivity contribution in [1.29, 1.82) is 5.26 Å². The smallest absolute Gasteiger partial charge is 0.124 e. The monoisotopic (exact) mass is 292 g/mol. The highest BCUT2D eigenvalue weighted by molar-refractivity contribution is 8.00. The molecule has 20 heavy (non-hydrogen) atoms. The van der Waals surface area contributed by atoms with Gasteiger partial charge in [-0.1, -0.05) is 6.07 Å². The van der Waals surface area contributed by atoms with Gasteiger partial charge in [0, 0.05) is 16.2 Å². The van der Waals surface area contributed by atoms with Gasteiger partial charge >= 0.3 is 0 Å². The van der Waals surface area contributed by atoms with Crippen LogP contribution in [-0.2, 0) is 0 Å². The van der Waals surface area contributed by atoms with E-state index in [-0.39, 0.29) is 5.82 Å². The molecule has 2 atom stereocenters. The second kappa shape index (κ2) is 6.60. The first-order valence-electron chi connectivity index (χ1n) is 7.14. The quantitative estimate of drug-likeness (QED) is 0.906. The zero-order chi connectivity index (χ0) is 14.6. The summed E-state index contributed by atoms with van der Waals surface area (Å²) in [5, 5.41) is 13.3. The zero-order valence-corrected chi connectivity index (χ0v) is 12.8. The molecule has 1 aromatic rings. The summed E-state index contributed by atoms with van der Waals surface area (Å²) >= 11 is 1.69. The SMILES string of the molecule is CC(C)NC1(C#N)CCCC(Sc2cccc(F)c2)C1. The summed E-state index contributed by atoms with van der Waals surface area (Å²) in [6.45, 7) is 4.14. The predicted molar refractivity (Wildman–Crippen MR) is 81.1 cm³/mol. The van der Waals surface area contributed by atoms with Crippen molar-refractivity contribution in [1.82, 2.24) is 5.32 Å². The van der Waals surface area contributed by atoms with Gasteiger partial charge in [-0.2, -0.15) is 5.26 Å². The van der Waals surface area contributed by atoms with E-state index in [1.807, 2.05) is 6.07 Å². The lowest BCUT2D eigenvalue weighted by Crippen LogP contribution is -2.51. The van der Waals surface area contributed by atoms with Crippen molar-refractivity contribution in [3.05, 3.63) is 30.1 Å². The van der Waals surface area contributed by atoms with E-state index in [2.05, 4.69) is 25.2 Å². The Balaban J connectivity index is 2.05. The molecule has 0 aromatic heterocycles. The van der Waals surface area contributed by atoms with Gasteiger partial charge in [-0.15, -0.1) is 11.8 Å². The van der Waals surface area contributed by atoms with Crippen molar-refractivity contribution in [2.75, 3.05) is 0 Å². The Morgan fingerprint density at radius 2 is 2.30 bits per heavy atom. The van der Waals surface area contributed by atoms with Crippen LogP contribution < -0.4 is 5.32 Å². The van der Waals surface area contributed by atoms with Crippen molar-refractivity contribution in [2.45, 2.75) is 61.3 Å². The fourth-order valence-electron chi connectivity index (χ4n) is 2.88. The van der Waals surface area contributed by atoms with Crippen molar-refractivity contribution in [3.8, 4) is 6.07 Å². The number of nitrogens with zero attached hydrogens (tertiary/aromatic N) is 1. The van der Waals surface area contributed by atoms with Crippen LogP contribution in [0.1, 0.15) is 39.5 Å². The Bertz CT molecular complexity index is 497. The standard InChI is InChI=1S/C16H21FN2S/c1-12(2)19-16(11-18)8-4-7-15(10-16)20-14-6-3-5-13(17)9-14/h3,5-6,9,12,15,19H,4,7-8,10H2,1-2H3. The molecule has 2 unspecified atom stereocenters. The third kappa shape index (κ3) is 3.97. The van der Waals surface area contributed by atoms with Crippen LogP contribution in [0.5, 0.6) is 0 Å². The fourth-order valence-corrected chi connectivity index (χ4v) is 4.25. The van der Waals surface area contributed by atoms with Gasteiger partial charge in [0.15, 0.2) is 0 Å². The molecule has 4 heteroatoms. The first-order chi connectivity index (χ1) is 9.53. The molecule has 1 aliphatic carbocycles. The van der Waals surface area contributed by atoms with E-state index in [1.54, 1.807) is 23.9 Å². The molecule has 0 bridgehead atoms. The molecular formula is C16H21FN2S. The summed E-state index contributed by atoms with van der Waals surface area (Å²) in [6, 6.07) is 9.49. The molecule has 1 aliphatic rings. The molecule has 2 rings (SSSR count). The van der Waals surface area contributed by atoms with Gasteiger partial charge in [-0.3, -0.25) is 5.32 Å². The number of thioether (sulfide) groups is 1. The van der Waals surface area contributed by atoms with E-state index in [9.17, 15) is 9.65 Å². The number of hydrogen-bond donors (Lipinski definition) is 1. The van der Waals surface area contributed by atoms with Crippen LogP contribution in [0.3, 0.4) is 0 Å². The van der Waals surface area contributed by atoms with E-state index >= 15 is 0 Å². The van der Waals surface area contributed by atoms with E-state index in [0.29, 0.717) is 11.3 Å². The molecule has 1 fully saturated rings. The minimum absolute atomic E-state index is 0.197. The molecule has 0 spiro atoms. The fraction of sp³-hybridized carbons (Fsp3) is 0.562. The van der Waals surface area contributed by atoms with E-state index in [0.717, 1.165) is 30.6 Å². The van der Waals surface area contributed by atoms with Crippen LogP contribution in [0.2, 0.25) is 0 Å². The van der Waals surface area contributed by atoms with E-state index in [4.69, 9.17) is 0 Å². The van der Waals surface area contributed by atoms with Crippen LogP contribution >= 0.6 is 11.8 Å². The topological polar surface area (TPSA) is 35.8 Å². The van der Waals surface area contributed by atoms with E-state index < -0.39 is 5.54 Å². The number of hydrogen-bond acceptors (Lipinski definition) is 3. The average molecular weight is 292 g/mol. The maximum absolute atomic E-state index is 13.2. The Hall–Kier alpha value is -1.05. The van der Waals surface area contributed by atoms with Crippen LogP contribution in [0.15, 0.2) is 29.2 Å². The number of nitriles is 1. The first kappa shape index (κ1) is 15.3. The lowest BCUT2D eigenvalue weighted by Gasteiger charge is -2.37. The summed E-state index contributed by atoms with van der Waals surface area (Å²) < 4.78 is 13.2. The summed E-state index contributed by atoms with van der Waals surface area (Å²) in [6.07, 6.45) is 3.86. The maximum atomic E-state index is 13.2. The summed E-state index contributed by atoms with van der Waals surface area (Å²) in [7, 11) is 0. The van der Waals surface area contributed by atoms with Crippen LogP contribution in [0, 0.1) is 17.1 Å². The molecule has 0 amide bonds. The maximum Gasteiger partial charge on any atom is 0.124 e. The summed E-state index contributed by atoms with van der Waals surface area (Å²) in [4.78, 5) is 0.952. The molecule has 1 saturated carbocycles. The second-order valence-corrected chi connectivity index (χ2v) is 7.16. The third-order valence-corrected chi connectivity index (χ3v) is 4.85. The summed E-state index contributed by atoms with van der Waals surface area (Å²) in [5.41, 5.74) is -0.419. The number of nitrogens with one attached hydrogen (secondary N) is 1. The van der Waals surface area contributed by atoms with Gasteiger partial charge in [0.25, 0.3) is 0 Å². The molecule has 0 radical (unpaired) electrons. The normalized spacial score (nSPS) is 26.4. The molecule has 1 N–H and O–H groups in total.